The molecule has 0 aliphatic heterocycles. The lowest BCUT2D eigenvalue weighted by Crippen LogP contribution is -1.99. The summed E-state index contributed by atoms with van der Waals surface area (Å²) in [6, 6.07) is 6.88. The molecule has 84 valence electrons. The zero-order valence-electron chi connectivity index (χ0n) is 9.31. The lowest BCUT2D eigenvalue weighted by molar-refractivity contribution is 0.280. The Morgan fingerprint density at radius 1 is 1.31 bits per heavy atom. The van der Waals surface area contributed by atoms with Crippen molar-refractivity contribution in [3.8, 4) is 11.4 Å². The minimum atomic E-state index is -0.0174. The number of phenols is 1. The average Bonchev–Trinajstić information content (AvgIpc) is 2.54. The highest BCUT2D eigenvalue weighted by molar-refractivity contribution is 5.41. The first-order valence-corrected chi connectivity index (χ1v) is 5.09. The van der Waals surface area contributed by atoms with Crippen LogP contribution in [0.15, 0.2) is 24.3 Å². The number of aliphatic hydroxyl groups excluding tert-OH is 1. The van der Waals surface area contributed by atoms with Crippen LogP contribution in [0.3, 0.4) is 0 Å². The molecule has 1 heterocycles. The molecule has 4 heteroatoms. The van der Waals surface area contributed by atoms with Crippen LogP contribution in [-0.2, 0) is 6.61 Å². The van der Waals surface area contributed by atoms with Gasteiger partial charge in [0.05, 0.1) is 18.0 Å². The summed E-state index contributed by atoms with van der Waals surface area (Å²) in [5, 5.41) is 23.0. The van der Waals surface area contributed by atoms with E-state index in [-0.39, 0.29) is 12.4 Å². The monoisotopic (exact) mass is 218 g/mol. The van der Waals surface area contributed by atoms with Gasteiger partial charge >= 0.3 is 0 Å². The number of aromatic hydroxyl groups is 1. The lowest BCUT2D eigenvalue weighted by atomic mass is 10.2. The summed E-state index contributed by atoms with van der Waals surface area (Å²) in [6.07, 6.45) is 0. The maximum Gasteiger partial charge on any atom is 0.117 e. The summed E-state index contributed by atoms with van der Waals surface area (Å²) in [6.45, 7) is 3.74. The van der Waals surface area contributed by atoms with Crippen molar-refractivity contribution < 1.29 is 10.2 Å². The molecule has 0 spiro atoms. The van der Waals surface area contributed by atoms with Crippen LogP contribution in [0.5, 0.6) is 5.75 Å². The molecule has 0 saturated heterocycles. The van der Waals surface area contributed by atoms with Crippen molar-refractivity contribution in [3.05, 3.63) is 41.2 Å². The normalized spacial score (nSPS) is 10.7. The van der Waals surface area contributed by atoms with Crippen LogP contribution in [0.2, 0.25) is 0 Å². The molecule has 0 amide bonds. The van der Waals surface area contributed by atoms with Crippen LogP contribution in [-0.4, -0.2) is 20.0 Å². The fourth-order valence-corrected chi connectivity index (χ4v) is 1.78. The van der Waals surface area contributed by atoms with Gasteiger partial charge in [0.2, 0.25) is 0 Å². The first-order chi connectivity index (χ1) is 7.63. The van der Waals surface area contributed by atoms with Crippen molar-refractivity contribution in [1.29, 1.82) is 0 Å². The maximum absolute atomic E-state index is 9.41. The Balaban J connectivity index is 2.56. The van der Waals surface area contributed by atoms with Crippen molar-refractivity contribution in [3.63, 3.8) is 0 Å². The van der Waals surface area contributed by atoms with E-state index in [0.29, 0.717) is 0 Å². The number of benzene rings is 1. The number of nitrogens with zero attached hydrogens (tertiary/aromatic N) is 2. The van der Waals surface area contributed by atoms with Gasteiger partial charge in [0, 0.05) is 17.3 Å². The molecular formula is C12H14N2O2. The Hall–Kier alpha value is -1.81. The number of aliphatic hydroxyl groups is 1. The zero-order valence-corrected chi connectivity index (χ0v) is 9.31. The third-order valence-electron chi connectivity index (χ3n) is 2.67. The second-order valence-corrected chi connectivity index (χ2v) is 3.74. The first kappa shape index (κ1) is 10.7. The third kappa shape index (κ3) is 1.67. The molecule has 1 aromatic carbocycles. The average molecular weight is 218 g/mol. The Kier molecular flexibility index (Phi) is 2.66. The standard InChI is InChI=1S/C12H14N2O2/c1-8-12(7-15)9(2)14(13-8)10-4-3-5-11(16)6-10/h3-6,15-16H,7H2,1-2H3. The molecule has 0 bridgehead atoms. The molecule has 2 aromatic rings. The highest BCUT2D eigenvalue weighted by Crippen LogP contribution is 2.20. The van der Waals surface area contributed by atoms with Crippen LogP contribution < -0.4 is 0 Å². The Labute approximate surface area is 93.8 Å². The van der Waals surface area contributed by atoms with E-state index >= 15 is 0 Å². The van der Waals surface area contributed by atoms with E-state index in [1.807, 2.05) is 19.9 Å². The van der Waals surface area contributed by atoms with Crippen molar-refractivity contribution >= 4 is 0 Å². The van der Waals surface area contributed by atoms with Gasteiger partial charge in [0.25, 0.3) is 0 Å². The molecule has 0 saturated carbocycles. The van der Waals surface area contributed by atoms with Crippen LogP contribution in [0, 0.1) is 13.8 Å². The molecule has 4 nitrogen and oxygen atoms in total. The Morgan fingerprint density at radius 2 is 2.06 bits per heavy atom. The summed E-state index contributed by atoms with van der Waals surface area (Å²) in [7, 11) is 0. The van der Waals surface area contributed by atoms with Crippen molar-refractivity contribution in [1.82, 2.24) is 9.78 Å². The van der Waals surface area contributed by atoms with E-state index in [0.717, 1.165) is 22.6 Å². The third-order valence-corrected chi connectivity index (χ3v) is 2.67. The number of rotatable bonds is 2. The molecule has 16 heavy (non-hydrogen) atoms. The maximum atomic E-state index is 9.41. The summed E-state index contributed by atoms with van der Waals surface area (Å²) in [5.74, 6) is 0.204. The Bertz CT molecular complexity index is 518. The smallest absolute Gasteiger partial charge is 0.117 e. The molecule has 0 atom stereocenters. The molecule has 0 unspecified atom stereocenters. The SMILES string of the molecule is Cc1nn(-c2cccc(O)c2)c(C)c1CO. The van der Waals surface area contributed by atoms with E-state index in [1.54, 1.807) is 22.9 Å². The predicted octanol–water partition coefficient (Wildman–Crippen LogP) is 1.69. The van der Waals surface area contributed by atoms with Gasteiger partial charge in [-0.05, 0) is 26.0 Å². The summed E-state index contributed by atoms with van der Waals surface area (Å²) >= 11 is 0. The molecule has 2 rings (SSSR count). The molecule has 0 radical (unpaired) electrons. The van der Waals surface area contributed by atoms with E-state index in [4.69, 9.17) is 0 Å². The first-order valence-electron chi connectivity index (χ1n) is 5.09. The highest BCUT2D eigenvalue weighted by Gasteiger charge is 2.11. The van der Waals surface area contributed by atoms with Gasteiger partial charge in [0.15, 0.2) is 0 Å². The summed E-state index contributed by atoms with van der Waals surface area (Å²) in [5.41, 5.74) is 3.33. The number of aryl methyl sites for hydroxylation is 1. The van der Waals surface area contributed by atoms with Crippen LogP contribution in [0.4, 0.5) is 0 Å². The van der Waals surface area contributed by atoms with Crippen LogP contribution >= 0.6 is 0 Å². The minimum Gasteiger partial charge on any atom is -0.508 e. The van der Waals surface area contributed by atoms with Crippen molar-refractivity contribution in [2.24, 2.45) is 0 Å². The number of aromatic nitrogens is 2. The summed E-state index contributed by atoms with van der Waals surface area (Å²) < 4.78 is 1.72. The second kappa shape index (κ2) is 3.98. The quantitative estimate of drug-likeness (QED) is 0.806. The van der Waals surface area contributed by atoms with Gasteiger partial charge < -0.3 is 10.2 Å². The van der Waals surface area contributed by atoms with E-state index in [1.165, 1.54) is 0 Å². The van der Waals surface area contributed by atoms with Gasteiger partial charge in [-0.3, -0.25) is 0 Å². The van der Waals surface area contributed by atoms with Crippen LogP contribution in [0.1, 0.15) is 17.0 Å². The predicted molar refractivity (Wildman–Crippen MR) is 60.6 cm³/mol. The number of hydrogen-bond donors (Lipinski definition) is 2. The topological polar surface area (TPSA) is 58.3 Å². The molecular weight excluding hydrogens is 204 g/mol. The molecule has 2 N–H and O–H groups in total. The van der Waals surface area contributed by atoms with Crippen LogP contribution in [0.25, 0.3) is 5.69 Å². The largest absolute Gasteiger partial charge is 0.508 e. The van der Waals surface area contributed by atoms with Gasteiger partial charge in [-0.15, -0.1) is 0 Å². The van der Waals surface area contributed by atoms with E-state index < -0.39 is 0 Å². The second-order valence-electron chi connectivity index (χ2n) is 3.74. The van der Waals surface area contributed by atoms with Gasteiger partial charge in [-0.1, -0.05) is 6.07 Å². The van der Waals surface area contributed by atoms with E-state index in [2.05, 4.69) is 5.10 Å². The molecule has 0 aliphatic carbocycles. The van der Waals surface area contributed by atoms with Crippen molar-refractivity contribution in [2.45, 2.75) is 20.5 Å². The molecule has 1 aromatic heterocycles. The fraction of sp³-hybridized carbons (Fsp3) is 0.250. The van der Waals surface area contributed by atoms with Gasteiger partial charge in [-0.25, -0.2) is 4.68 Å². The molecule has 0 fully saturated rings. The minimum absolute atomic E-state index is 0.0174. The van der Waals surface area contributed by atoms with Gasteiger partial charge in [-0.2, -0.15) is 5.10 Å². The summed E-state index contributed by atoms with van der Waals surface area (Å²) in [4.78, 5) is 0. The Morgan fingerprint density at radius 3 is 2.62 bits per heavy atom. The van der Waals surface area contributed by atoms with Crippen molar-refractivity contribution in [2.75, 3.05) is 0 Å². The van der Waals surface area contributed by atoms with Gasteiger partial charge in [0.1, 0.15) is 5.75 Å². The molecule has 0 aliphatic rings. The fourth-order valence-electron chi connectivity index (χ4n) is 1.78. The zero-order chi connectivity index (χ0) is 11.7. The number of phenolic OH excluding ortho intramolecular Hbond substituents is 1. The lowest BCUT2D eigenvalue weighted by Gasteiger charge is -2.04. The number of hydrogen-bond acceptors (Lipinski definition) is 3. The van der Waals surface area contributed by atoms with E-state index in [9.17, 15) is 10.2 Å². The highest BCUT2D eigenvalue weighted by atomic mass is 16.3.